The van der Waals surface area contributed by atoms with Gasteiger partial charge in [0, 0.05) is 12.4 Å². The number of benzene rings is 1. The van der Waals surface area contributed by atoms with Crippen molar-refractivity contribution in [2.45, 2.75) is 13.5 Å². The molecular formula is C15H13FN2O2S. The van der Waals surface area contributed by atoms with Crippen LogP contribution in [0.5, 0.6) is 0 Å². The maximum absolute atomic E-state index is 12.8. The number of hydrogen-bond donors (Lipinski definition) is 0. The topological polar surface area (TPSA) is 44.1 Å². The smallest absolute Gasteiger partial charge is 0.348 e. The van der Waals surface area contributed by atoms with Gasteiger partial charge < -0.3 is 4.74 Å². The molecular weight excluding hydrogens is 291 g/mol. The van der Waals surface area contributed by atoms with Gasteiger partial charge in [0.1, 0.15) is 22.1 Å². The Balaban J connectivity index is 1.74. The van der Waals surface area contributed by atoms with E-state index in [1.807, 2.05) is 14.0 Å². The molecule has 0 saturated carbocycles. The van der Waals surface area contributed by atoms with Crippen LogP contribution in [0, 0.1) is 12.7 Å². The number of fused-ring (bicyclic) bond motifs is 1. The highest BCUT2D eigenvalue weighted by Gasteiger charge is 2.16. The quantitative estimate of drug-likeness (QED) is 0.696. The van der Waals surface area contributed by atoms with Crippen molar-refractivity contribution >= 4 is 27.5 Å². The van der Waals surface area contributed by atoms with Crippen molar-refractivity contribution in [2.24, 2.45) is 7.05 Å². The van der Waals surface area contributed by atoms with Crippen molar-refractivity contribution in [3.05, 3.63) is 52.3 Å². The van der Waals surface area contributed by atoms with E-state index in [0.717, 1.165) is 21.5 Å². The molecule has 0 saturated heterocycles. The van der Waals surface area contributed by atoms with E-state index in [1.54, 1.807) is 22.9 Å². The second-order valence-electron chi connectivity index (χ2n) is 4.74. The Morgan fingerprint density at radius 3 is 2.76 bits per heavy atom. The highest BCUT2D eigenvalue weighted by Crippen LogP contribution is 2.28. The first kappa shape index (κ1) is 13.8. The number of aryl methyl sites for hydroxylation is 2. The van der Waals surface area contributed by atoms with Crippen LogP contribution in [0.1, 0.15) is 20.9 Å². The lowest BCUT2D eigenvalue weighted by Gasteiger charge is -2.03. The molecule has 108 valence electrons. The Labute approximate surface area is 124 Å². The first-order valence-corrected chi connectivity index (χ1v) is 7.21. The molecule has 3 rings (SSSR count). The monoisotopic (exact) mass is 304 g/mol. The highest BCUT2D eigenvalue weighted by molar-refractivity contribution is 7.20. The number of aromatic nitrogens is 2. The number of carbonyl (C=O) groups is 1. The zero-order chi connectivity index (χ0) is 15.0. The van der Waals surface area contributed by atoms with Crippen molar-refractivity contribution in [3.8, 4) is 0 Å². The number of ether oxygens (including phenoxy) is 1. The van der Waals surface area contributed by atoms with Gasteiger partial charge in [0.05, 0.1) is 5.69 Å². The van der Waals surface area contributed by atoms with Gasteiger partial charge >= 0.3 is 5.97 Å². The average Bonchev–Trinajstić information content (AvgIpc) is 3.01. The van der Waals surface area contributed by atoms with Crippen LogP contribution in [0.4, 0.5) is 4.39 Å². The lowest BCUT2D eigenvalue weighted by molar-refractivity contribution is 0.0478. The molecule has 0 unspecified atom stereocenters. The van der Waals surface area contributed by atoms with E-state index in [1.165, 1.54) is 23.5 Å². The standard InChI is InChI=1S/C15H13FN2O2S/c1-9-12-7-13(21-14(12)18(2)17-9)15(19)20-8-10-3-5-11(16)6-4-10/h3-7H,8H2,1-2H3. The Kier molecular flexibility index (Phi) is 3.47. The van der Waals surface area contributed by atoms with Crippen LogP contribution in [-0.2, 0) is 18.4 Å². The summed E-state index contributed by atoms with van der Waals surface area (Å²) in [4.78, 5) is 13.5. The lowest BCUT2D eigenvalue weighted by atomic mass is 10.2. The molecule has 3 aromatic rings. The van der Waals surface area contributed by atoms with Crippen molar-refractivity contribution < 1.29 is 13.9 Å². The van der Waals surface area contributed by atoms with Crippen molar-refractivity contribution in [2.75, 3.05) is 0 Å². The Morgan fingerprint density at radius 2 is 2.10 bits per heavy atom. The van der Waals surface area contributed by atoms with E-state index in [0.29, 0.717) is 4.88 Å². The fraction of sp³-hybridized carbons (Fsp3) is 0.200. The Bertz CT molecular complexity index is 771. The summed E-state index contributed by atoms with van der Waals surface area (Å²) in [6.07, 6.45) is 0. The van der Waals surface area contributed by atoms with E-state index in [2.05, 4.69) is 5.10 Å². The fourth-order valence-corrected chi connectivity index (χ4v) is 3.12. The third kappa shape index (κ3) is 2.67. The minimum Gasteiger partial charge on any atom is -0.457 e. The minimum absolute atomic E-state index is 0.130. The predicted octanol–water partition coefficient (Wildman–Crippen LogP) is 3.44. The zero-order valence-electron chi connectivity index (χ0n) is 11.6. The van der Waals surface area contributed by atoms with Crippen molar-refractivity contribution in [1.29, 1.82) is 0 Å². The normalized spacial score (nSPS) is 11.0. The molecule has 2 heterocycles. The van der Waals surface area contributed by atoms with Crippen molar-refractivity contribution in [1.82, 2.24) is 9.78 Å². The predicted molar refractivity (Wildman–Crippen MR) is 78.8 cm³/mol. The molecule has 4 nitrogen and oxygen atoms in total. The molecule has 0 aliphatic rings. The maximum Gasteiger partial charge on any atom is 0.348 e. The van der Waals surface area contributed by atoms with Crippen LogP contribution in [0.25, 0.3) is 10.2 Å². The molecule has 0 amide bonds. The number of rotatable bonds is 3. The molecule has 0 radical (unpaired) electrons. The number of hydrogen-bond acceptors (Lipinski definition) is 4. The third-order valence-electron chi connectivity index (χ3n) is 3.18. The number of esters is 1. The molecule has 0 aliphatic carbocycles. The van der Waals surface area contributed by atoms with Crippen molar-refractivity contribution in [3.63, 3.8) is 0 Å². The second kappa shape index (κ2) is 5.29. The van der Waals surface area contributed by atoms with Crippen LogP contribution in [0.3, 0.4) is 0 Å². The van der Waals surface area contributed by atoms with Gasteiger partial charge in [-0.1, -0.05) is 12.1 Å². The second-order valence-corrected chi connectivity index (χ2v) is 5.77. The molecule has 1 aromatic carbocycles. The molecule has 6 heteroatoms. The van der Waals surface area contributed by atoms with Crippen LogP contribution in [0.15, 0.2) is 30.3 Å². The van der Waals surface area contributed by atoms with E-state index in [-0.39, 0.29) is 18.4 Å². The molecule has 21 heavy (non-hydrogen) atoms. The van der Waals surface area contributed by atoms with Crippen LogP contribution >= 0.6 is 11.3 Å². The maximum atomic E-state index is 12.8. The summed E-state index contributed by atoms with van der Waals surface area (Å²) in [5, 5.41) is 5.26. The van der Waals surface area contributed by atoms with Gasteiger partial charge in [0.2, 0.25) is 0 Å². The SMILES string of the molecule is Cc1nn(C)c2sc(C(=O)OCc3ccc(F)cc3)cc12. The Morgan fingerprint density at radius 1 is 1.38 bits per heavy atom. The van der Waals surface area contributed by atoms with Crippen LogP contribution in [0.2, 0.25) is 0 Å². The largest absolute Gasteiger partial charge is 0.457 e. The zero-order valence-corrected chi connectivity index (χ0v) is 12.4. The summed E-state index contributed by atoms with van der Waals surface area (Å²) < 4.78 is 19.8. The van der Waals surface area contributed by atoms with E-state index in [9.17, 15) is 9.18 Å². The highest BCUT2D eigenvalue weighted by atomic mass is 32.1. The fourth-order valence-electron chi connectivity index (χ4n) is 2.11. The molecule has 2 aromatic heterocycles. The summed E-state index contributed by atoms with van der Waals surface area (Å²) in [7, 11) is 1.85. The van der Waals surface area contributed by atoms with E-state index >= 15 is 0 Å². The average molecular weight is 304 g/mol. The number of nitrogens with zero attached hydrogens (tertiary/aromatic N) is 2. The number of halogens is 1. The lowest BCUT2D eigenvalue weighted by Crippen LogP contribution is -2.03. The molecule has 0 N–H and O–H groups in total. The summed E-state index contributed by atoms with van der Waals surface area (Å²) >= 11 is 1.36. The van der Waals surface area contributed by atoms with Gasteiger partial charge in [-0.05, 0) is 30.7 Å². The van der Waals surface area contributed by atoms with Crippen LogP contribution < -0.4 is 0 Å². The third-order valence-corrected chi connectivity index (χ3v) is 4.36. The molecule has 0 aliphatic heterocycles. The summed E-state index contributed by atoms with van der Waals surface area (Å²) in [5.74, 6) is -0.683. The van der Waals surface area contributed by atoms with Crippen LogP contribution in [-0.4, -0.2) is 15.7 Å². The van der Waals surface area contributed by atoms with Gasteiger partial charge in [-0.15, -0.1) is 11.3 Å². The van der Waals surface area contributed by atoms with E-state index < -0.39 is 0 Å². The molecule has 0 atom stereocenters. The molecule has 0 fully saturated rings. The molecule has 0 bridgehead atoms. The number of carbonyl (C=O) groups excluding carboxylic acids is 1. The Hall–Kier alpha value is -2.21. The summed E-state index contributed by atoms with van der Waals surface area (Å²) in [6, 6.07) is 7.69. The molecule has 0 spiro atoms. The van der Waals surface area contributed by atoms with E-state index in [4.69, 9.17) is 4.74 Å². The number of thiophene rings is 1. The first-order valence-electron chi connectivity index (χ1n) is 6.39. The van der Waals surface area contributed by atoms with Gasteiger partial charge in [0.15, 0.2) is 0 Å². The van der Waals surface area contributed by atoms with Gasteiger partial charge in [-0.25, -0.2) is 9.18 Å². The van der Waals surface area contributed by atoms with Gasteiger partial charge in [-0.3, -0.25) is 4.68 Å². The van der Waals surface area contributed by atoms with Gasteiger partial charge in [-0.2, -0.15) is 5.10 Å². The summed E-state index contributed by atoms with van der Waals surface area (Å²) in [5.41, 5.74) is 1.64. The summed E-state index contributed by atoms with van der Waals surface area (Å²) in [6.45, 7) is 2.03. The van der Waals surface area contributed by atoms with Gasteiger partial charge in [0.25, 0.3) is 0 Å². The first-order chi connectivity index (χ1) is 10.0. The minimum atomic E-state index is -0.375.